The lowest BCUT2D eigenvalue weighted by molar-refractivity contribution is -0.126. The van der Waals surface area contributed by atoms with Crippen LogP contribution in [0.3, 0.4) is 0 Å². The lowest BCUT2D eigenvalue weighted by Crippen LogP contribution is -2.47. The van der Waals surface area contributed by atoms with Crippen molar-refractivity contribution in [2.24, 2.45) is 5.92 Å². The number of amides is 3. The van der Waals surface area contributed by atoms with Gasteiger partial charge in [0.25, 0.3) is 0 Å². The van der Waals surface area contributed by atoms with Crippen molar-refractivity contribution in [3.63, 3.8) is 0 Å². The number of benzene rings is 1. The molecule has 0 saturated carbocycles. The number of anilines is 1. The largest absolute Gasteiger partial charge is 0.355 e. The summed E-state index contributed by atoms with van der Waals surface area (Å²) >= 11 is 3.59. The average molecular weight is 404 g/mol. The van der Waals surface area contributed by atoms with E-state index in [1.54, 1.807) is 16.2 Å². The first kappa shape index (κ1) is 19.8. The zero-order valence-corrected chi connectivity index (χ0v) is 16.9. The molecule has 0 aliphatic carbocycles. The normalized spacial score (nSPS) is 16.7. The lowest BCUT2D eigenvalue weighted by Gasteiger charge is -2.32. The summed E-state index contributed by atoms with van der Waals surface area (Å²) in [6.45, 7) is 1.84. The highest BCUT2D eigenvalue weighted by molar-refractivity contribution is 7.98. The number of rotatable bonds is 7. The fraction of sp³-hybridized carbons (Fsp3) is 0.400. The van der Waals surface area contributed by atoms with E-state index in [0.29, 0.717) is 19.6 Å². The third-order valence-electron chi connectivity index (χ3n) is 4.47. The van der Waals surface area contributed by atoms with Gasteiger partial charge in [0.15, 0.2) is 0 Å². The van der Waals surface area contributed by atoms with Crippen LogP contribution in [0.4, 0.5) is 10.5 Å². The van der Waals surface area contributed by atoms with Crippen LogP contribution in [-0.2, 0) is 10.5 Å². The number of thioether (sulfide) groups is 1. The third-order valence-corrected chi connectivity index (χ3v) is 6.54. The van der Waals surface area contributed by atoms with Crippen LogP contribution in [0.15, 0.2) is 47.8 Å². The van der Waals surface area contributed by atoms with E-state index in [4.69, 9.17) is 0 Å². The first-order valence-corrected chi connectivity index (χ1v) is 11.2. The maximum Gasteiger partial charge on any atom is 0.321 e. The predicted octanol–water partition coefficient (Wildman–Crippen LogP) is 4.04. The Labute approximate surface area is 168 Å². The molecule has 3 amide bonds. The molecule has 0 unspecified atom stereocenters. The van der Waals surface area contributed by atoms with Crippen molar-refractivity contribution in [1.29, 1.82) is 0 Å². The minimum absolute atomic E-state index is 0.0592. The van der Waals surface area contributed by atoms with Gasteiger partial charge in [-0.15, -0.1) is 11.3 Å². The molecule has 3 rings (SSSR count). The van der Waals surface area contributed by atoms with Gasteiger partial charge in [-0.25, -0.2) is 4.79 Å². The molecular weight excluding hydrogens is 378 g/mol. The van der Waals surface area contributed by atoms with Crippen LogP contribution in [-0.4, -0.2) is 42.2 Å². The molecule has 0 radical (unpaired) electrons. The van der Waals surface area contributed by atoms with Gasteiger partial charge in [-0.2, -0.15) is 11.8 Å². The molecule has 7 heteroatoms. The molecule has 2 aromatic rings. The van der Waals surface area contributed by atoms with Gasteiger partial charge in [0.05, 0.1) is 5.92 Å². The van der Waals surface area contributed by atoms with Gasteiger partial charge >= 0.3 is 6.03 Å². The standard InChI is InChI=1S/C20H25N3O2S2/c24-19(21-10-13-26-15-18-9-5-12-27-18)16-6-4-11-23(14-16)20(25)22-17-7-2-1-3-8-17/h1-3,5,7-9,12,16H,4,6,10-11,13-15H2,(H,21,24)(H,22,25)/t16-/m1/s1. The number of para-hydroxylation sites is 1. The second-order valence-electron chi connectivity index (χ2n) is 6.50. The molecule has 2 N–H and O–H groups in total. The summed E-state index contributed by atoms with van der Waals surface area (Å²) in [5.74, 6) is 1.82. The molecule has 5 nitrogen and oxygen atoms in total. The van der Waals surface area contributed by atoms with Gasteiger partial charge in [0.2, 0.25) is 5.91 Å². The summed E-state index contributed by atoms with van der Waals surface area (Å²) in [6.07, 6.45) is 1.69. The minimum atomic E-state index is -0.134. The van der Waals surface area contributed by atoms with Crippen LogP contribution >= 0.6 is 23.1 Å². The predicted molar refractivity (Wildman–Crippen MR) is 113 cm³/mol. The first-order valence-electron chi connectivity index (χ1n) is 9.21. The molecule has 27 heavy (non-hydrogen) atoms. The Morgan fingerprint density at radius 1 is 1.19 bits per heavy atom. The number of hydrogen-bond donors (Lipinski definition) is 2. The summed E-state index contributed by atoms with van der Waals surface area (Å²) in [4.78, 5) is 28.0. The highest BCUT2D eigenvalue weighted by Crippen LogP contribution is 2.19. The van der Waals surface area contributed by atoms with Crippen molar-refractivity contribution < 1.29 is 9.59 Å². The quantitative estimate of drug-likeness (QED) is 0.686. The zero-order chi connectivity index (χ0) is 18.9. The van der Waals surface area contributed by atoms with Crippen molar-refractivity contribution in [2.45, 2.75) is 18.6 Å². The second kappa shape index (κ2) is 10.4. The lowest BCUT2D eigenvalue weighted by atomic mass is 9.97. The molecule has 1 fully saturated rings. The number of likely N-dealkylation sites (tertiary alicyclic amines) is 1. The van der Waals surface area contributed by atoms with Crippen LogP contribution in [0, 0.1) is 5.92 Å². The monoisotopic (exact) mass is 403 g/mol. The average Bonchev–Trinajstić information content (AvgIpc) is 3.22. The van der Waals surface area contributed by atoms with Gasteiger partial charge < -0.3 is 15.5 Å². The van der Waals surface area contributed by atoms with E-state index in [1.807, 2.05) is 42.1 Å². The van der Waals surface area contributed by atoms with Gasteiger partial charge in [-0.05, 0) is 36.4 Å². The van der Waals surface area contributed by atoms with Crippen molar-refractivity contribution in [1.82, 2.24) is 10.2 Å². The number of urea groups is 1. The van der Waals surface area contributed by atoms with Crippen molar-refractivity contribution >= 4 is 40.7 Å². The van der Waals surface area contributed by atoms with Crippen LogP contribution in [0.5, 0.6) is 0 Å². The summed E-state index contributed by atoms with van der Waals surface area (Å²) in [5.41, 5.74) is 0.775. The highest BCUT2D eigenvalue weighted by Gasteiger charge is 2.28. The molecule has 1 atom stereocenters. The molecule has 1 aromatic carbocycles. The number of nitrogens with zero attached hydrogens (tertiary/aromatic N) is 1. The van der Waals surface area contributed by atoms with Gasteiger partial charge in [0, 0.05) is 41.7 Å². The van der Waals surface area contributed by atoms with Crippen LogP contribution in [0.2, 0.25) is 0 Å². The molecule has 1 aliphatic rings. The number of hydrogen-bond acceptors (Lipinski definition) is 4. The topological polar surface area (TPSA) is 61.4 Å². The fourth-order valence-electron chi connectivity index (χ4n) is 3.06. The summed E-state index contributed by atoms with van der Waals surface area (Å²) in [5, 5.41) is 8.01. The molecule has 144 valence electrons. The number of piperidine rings is 1. The Morgan fingerprint density at radius 3 is 2.81 bits per heavy atom. The van der Waals surface area contributed by atoms with Crippen LogP contribution in [0.1, 0.15) is 17.7 Å². The van der Waals surface area contributed by atoms with Gasteiger partial charge in [0.1, 0.15) is 0 Å². The summed E-state index contributed by atoms with van der Waals surface area (Å²) in [7, 11) is 0. The molecule has 0 spiro atoms. The Hall–Kier alpha value is -1.99. The minimum Gasteiger partial charge on any atom is -0.355 e. The SMILES string of the molecule is O=C(NCCSCc1cccs1)[C@@H]1CCCN(C(=O)Nc2ccccc2)C1. The van der Waals surface area contributed by atoms with E-state index in [0.717, 1.165) is 30.0 Å². The Morgan fingerprint density at radius 2 is 2.04 bits per heavy atom. The Bertz CT molecular complexity index is 722. The van der Waals surface area contributed by atoms with Gasteiger partial charge in [-0.3, -0.25) is 4.79 Å². The molecule has 1 aliphatic heterocycles. The second-order valence-corrected chi connectivity index (χ2v) is 8.64. The number of carbonyl (C=O) groups excluding carboxylic acids is 2. The maximum absolute atomic E-state index is 12.4. The van der Waals surface area contributed by atoms with Gasteiger partial charge in [-0.1, -0.05) is 24.3 Å². The highest BCUT2D eigenvalue weighted by atomic mass is 32.2. The Balaban J connectivity index is 1.37. The number of nitrogens with one attached hydrogen (secondary N) is 2. The zero-order valence-electron chi connectivity index (χ0n) is 15.2. The molecule has 1 aromatic heterocycles. The third kappa shape index (κ3) is 6.29. The van der Waals surface area contributed by atoms with Crippen molar-refractivity contribution in [2.75, 3.05) is 30.7 Å². The molecular formula is C20H25N3O2S2. The van der Waals surface area contributed by atoms with E-state index in [-0.39, 0.29) is 17.9 Å². The van der Waals surface area contributed by atoms with E-state index >= 15 is 0 Å². The number of thiophene rings is 1. The molecule has 1 saturated heterocycles. The van der Waals surface area contributed by atoms with Crippen molar-refractivity contribution in [3.05, 3.63) is 52.7 Å². The van der Waals surface area contributed by atoms with E-state index < -0.39 is 0 Å². The summed E-state index contributed by atoms with van der Waals surface area (Å²) in [6, 6.07) is 13.5. The number of carbonyl (C=O) groups is 2. The summed E-state index contributed by atoms with van der Waals surface area (Å²) < 4.78 is 0. The van der Waals surface area contributed by atoms with Crippen molar-refractivity contribution in [3.8, 4) is 0 Å². The molecule has 2 heterocycles. The van der Waals surface area contributed by atoms with E-state index in [9.17, 15) is 9.59 Å². The van der Waals surface area contributed by atoms with Crippen LogP contribution in [0.25, 0.3) is 0 Å². The fourth-order valence-corrected chi connectivity index (χ4v) is 4.76. The Kier molecular flexibility index (Phi) is 7.59. The first-order chi connectivity index (χ1) is 13.2. The van der Waals surface area contributed by atoms with Crippen LogP contribution < -0.4 is 10.6 Å². The molecule has 0 bridgehead atoms. The maximum atomic E-state index is 12.4. The van der Waals surface area contributed by atoms with E-state index in [2.05, 4.69) is 28.1 Å². The van der Waals surface area contributed by atoms with E-state index in [1.165, 1.54) is 4.88 Å². The smallest absolute Gasteiger partial charge is 0.321 e.